The van der Waals surface area contributed by atoms with Crippen LogP contribution in [0.1, 0.15) is 34.3 Å². The van der Waals surface area contributed by atoms with E-state index in [9.17, 15) is 4.79 Å². The summed E-state index contributed by atoms with van der Waals surface area (Å²) < 4.78 is 0. The number of pyridine rings is 1. The number of amides is 1. The second-order valence-corrected chi connectivity index (χ2v) is 5.92. The topological polar surface area (TPSA) is 33.2 Å². The Morgan fingerprint density at radius 2 is 2.19 bits per heavy atom. The molecule has 1 aromatic carbocycles. The van der Waals surface area contributed by atoms with E-state index in [0.29, 0.717) is 23.2 Å². The molecule has 3 rings (SSSR count). The van der Waals surface area contributed by atoms with Gasteiger partial charge in [0.1, 0.15) is 0 Å². The quantitative estimate of drug-likeness (QED) is 0.859. The Hall–Kier alpha value is -1.87. The van der Waals surface area contributed by atoms with Gasteiger partial charge in [-0.1, -0.05) is 41.4 Å². The predicted molar refractivity (Wildman–Crippen MR) is 83.3 cm³/mol. The Labute approximate surface area is 129 Å². The smallest absolute Gasteiger partial charge is 0.256 e. The molecule has 0 spiro atoms. The highest BCUT2D eigenvalue weighted by atomic mass is 35.5. The Kier molecular flexibility index (Phi) is 3.93. The third-order valence-corrected chi connectivity index (χ3v) is 3.99. The van der Waals surface area contributed by atoms with Crippen LogP contribution in [-0.4, -0.2) is 21.8 Å². The third-order valence-electron chi connectivity index (χ3n) is 3.69. The molecular weight excluding hydrogens is 284 g/mol. The highest BCUT2D eigenvalue weighted by molar-refractivity contribution is 6.33. The summed E-state index contributed by atoms with van der Waals surface area (Å²) in [5, 5.41) is 0.414. The van der Waals surface area contributed by atoms with Gasteiger partial charge in [-0.2, -0.15) is 0 Å². The standard InChI is InChI=1S/C17H17ClN2O/c1-12-3-2-4-13(9-12)11-20(14-5-6-14)17(21)15-7-8-19-10-16(15)18/h2-4,7-10,14H,5-6,11H2,1H3. The molecule has 108 valence electrons. The summed E-state index contributed by atoms with van der Waals surface area (Å²) in [5.41, 5.74) is 2.89. The molecule has 3 nitrogen and oxygen atoms in total. The van der Waals surface area contributed by atoms with Crippen LogP contribution in [0.4, 0.5) is 0 Å². The number of carbonyl (C=O) groups is 1. The summed E-state index contributed by atoms with van der Waals surface area (Å²) in [6.45, 7) is 2.69. The molecule has 4 heteroatoms. The lowest BCUT2D eigenvalue weighted by Crippen LogP contribution is -2.32. The van der Waals surface area contributed by atoms with E-state index in [4.69, 9.17) is 11.6 Å². The van der Waals surface area contributed by atoms with Crippen LogP contribution in [0.15, 0.2) is 42.7 Å². The molecule has 2 aromatic rings. The van der Waals surface area contributed by atoms with Gasteiger partial charge in [0.25, 0.3) is 5.91 Å². The van der Waals surface area contributed by atoms with E-state index in [1.54, 1.807) is 12.3 Å². The van der Waals surface area contributed by atoms with Gasteiger partial charge in [0.2, 0.25) is 0 Å². The van der Waals surface area contributed by atoms with Crippen LogP contribution in [0.5, 0.6) is 0 Å². The van der Waals surface area contributed by atoms with Crippen molar-refractivity contribution in [1.29, 1.82) is 0 Å². The molecule has 1 aliphatic carbocycles. The van der Waals surface area contributed by atoms with Crippen LogP contribution in [0.3, 0.4) is 0 Å². The molecule has 1 aliphatic rings. The van der Waals surface area contributed by atoms with E-state index >= 15 is 0 Å². The molecule has 0 saturated heterocycles. The minimum atomic E-state index is -0.00796. The Morgan fingerprint density at radius 3 is 2.86 bits per heavy atom. The summed E-state index contributed by atoms with van der Waals surface area (Å²) >= 11 is 6.11. The maximum absolute atomic E-state index is 12.8. The number of rotatable bonds is 4. The van der Waals surface area contributed by atoms with Crippen molar-refractivity contribution < 1.29 is 4.79 Å². The van der Waals surface area contributed by atoms with Crippen molar-refractivity contribution >= 4 is 17.5 Å². The van der Waals surface area contributed by atoms with Crippen LogP contribution in [-0.2, 0) is 6.54 Å². The average Bonchev–Trinajstić information content (AvgIpc) is 3.29. The van der Waals surface area contributed by atoms with E-state index in [-0.39, 0.29) is 5.91 Å². The molecule has 1 amide bonds. The van der Waals surface area contributed by atoms with Crippen molar-refractivity contribution in [3.05, 3.63) is 64.4 Å². The van der Waals surface area contributed by atoms with Crippen molar-refractivity contribution in [2.45, 2.75) is 32.4 Å². The summed E-state index contributed by atoms with van der Waals surface area (Å²) in [4.78, 5) is 18.6. The van der Waals surface area contributed by atoms with E-state index in [2.05, 4.69) is 30.1 Å². The number of aryl methyl sites for hydroxylation is 1. The van der Waals surface area contributed by atoms with Crippen molar-refractivity contribution in [2.75, 3.05) is 0 Å². The molecule has 1 saturated carbocycles. The van der Waals surface area contributed by atoms with Gasteiger partial charge in [0.05, 0.1) is 10.6 Å². The van der Waals surface area contributed by atoms with Crippen LogP contribution in [0.2, 0.25) is 5.02 Å². The first-order chi connectivity index (χ1) is 10.1. The normalized spacial score (nSPS) is 14.0. The van der Waals surface area contributed by atoms with Crippen LogP contribution in [0, 0.1) is 6.92 Å². The molecule has 21 heavy (non-hydrogen) atoms. The number of nitrogens with zero attached hydrogens (tertiary/aromatic N) is 2. The molecule has 1 heterocycles. The fourth-order valence-corrected chi connectivity index (χ4v) is 2.66. The predicted octanol–water partition coefficient (Wildman–Crippen LogP) is 3.85. The zero-order chi connectivity index (χ0) is 14.8. The van der Waals surface area contributed by atoms with Crippen LogP contribution >= 0.6 is 11.6 Å². The fourth-order valence-electron chi connectivity index (χ4n) is 2.46. The Balaban J connectivity index is 1.85. The number of carbonyl (C=O) groups excluding carboxylic acids is 1. The third kappa shape index (κ3) is 3.24. The second kappa shape index (κ2) is 5.86. The van der Waals surface area contributed by atoms with Crippen molar-refractivity contribution in [3.63, 3.8) is 0 Å². The summed E-state index contributed by atoms with van der Waals surface area (Å²) in [6, 6.07) is 10.3. The van der Waals surface area contributed by atoms with Gasteiger partial charge >= 0.3 is 0 Å². The highest BCUT2D eigenvalue weighted by Crippen LogP contribution is 2.31. The molecule has 0 unspecified atom stereocenters. The van der Waals surface area contributed by atoms with Gasteiger partial charge in [0, 0.05) is 25.0 Å². The van der Waals surface area contributed by atoms with Gasteiger partial charge in [-0.25, -0.2) is 0 Å². The molecule has 0 bridgehead atoms. The van der Waals surface area contributed by atoms with Gasteiger partial charge in [0.15, 0.2) is 0 Å². The first kappa shape index (κ1) is 14.1. The van der Waals surface area contributed by atoms with Crippen molar-refractivity contribution in [2.24, 2.45) is 0 Å². The molecule has 1 aromatic heterocycles. The monoisotopic (exact) mass is 300 g/mol. The van der Waals surface area contributed by atoms with Crippen LogP contribution < -0.4 is 0 Å². The maximum Gasteiger partial charge on any atom is 0.256 e. The lowest BCUT2D eigenvalue weighted by atomic mass is 10.1. The molecule has 0 atom stereocenters. The highest BCUT2D eigenvalue weighted by Gasteiger charge is 2.33. The first-order valence-corrected chi connectivity index (χ1v) is 7.49. The SMILES string of the molecule is Cc1cccc(CN(C(=O)c2ccncc2Cl)C2CC2)c1. The summed E-state index contributed by atoms with van der Waals surface area (Å²) in [7, 11) is 0. The lowest BCUT2D eigenvalue weighted by Gasteiger charge is -2.23. The van der Waals surface area contributed by atoms with Gasteiger partial charge in [-0.3, -0.25) is 9.78 Å². The van der Waals surface area contributed by atoms with Crippen molar-refractivity contribution in [3.8, 4) is 0 Å². The number of hydrogen-bond donors (Lipinski definition) is 0. The minimum absolute atomic E-state index is 0.00796. The Morgan fingerprint density at radius 1 is 1.38 bits per heavy atom. The van der Waals surface area contributed by atoms with Crippen LogP contribution in [0.25, 0.3) is 0 Å². The zero-order valence-corrected chi connectivity index (χ0v) is 12.7. The second-order valence-electron chi connectivity index (χ2n) is 5.51. The van der Waals surface area contributed by atoms with E-state index in [0.717, 1.165) is 18.4 Å². The van der Waals surface area contributed by atoms with Crippen molar-refractivity contribution in [1.82, 2.24) is 9.88 Å². The largest absolute Gasteiger partial charge is 0.331 e. The first-order valence-electron chi connectivity index (χ1n) is 7.11. The summed E-state index contributed by atoms with van der Waals surface area (Å²) in [5.74, 6) is -0.00796. The van der Waals surface area contributed by atoms with Gasteiger partial charge in [-0.15, -0.1) is 0 Å². The molecular formula is C17H17ClN2O. The molecule has 0 N–H and O–H groups in total. The number of benzene rings is 1. The minimum Gasteiger partial charge on any atom is -0.331 e. The van der Waals surface area contributed by atoms with Gasteiger partial charge < -0.3 is 4.90 Å². The van der Waals surface area contributed by atoms with Gasteiger partial charge in [-0.05, 0) is 31.4 Å². The van der Waals surface area contributed by atoms with E-state index in [1.807, 2.05) is 11.0 Å². The van der Waals surface area contributed by atoms with E-state index in [1.165, 1.54) is 11.8 Å². The van der Waals surface area contributed by atoms with E-state index < -0.39 is 0 Å². The molecule has 0 radical (unpaired) electrons. The maximum atomic E-state index is 12.8. The Bertz CT molecular complexity index is 667. The fraction of sp³-hybridized carbons (Fsp3) is 0.294. The molecule has 1 fully saturated rings. The lowest BCUT2D eigenvalue weighted by molar-refractivity contribution is 0.0730. The zero-order valence-electron chi connectivity index (χ0n) is 11.9. The molecule has 0 aliphatic heterocycles. The number of halogens is 1. The summed E-state index contributed by atoms with van der Waals surface area (Å²) in [6.07, 6.45) is 5.27. The number of hydrogen-bond acceptors (Lipinski definition) is 2. The average molecular weight is 301 g/mol. The number of aromatic nitrogens is 1.